The average Bonchev–Trinajstić information content (AvgIpc) is 2.57. The van der Waals surface area contributed by atoms with Crippen molar-refractivity contribution < 1.29 is 19.2 Å². The minimum absolute atomic E-state index is 0.246. The molecule has 0 saturated carbocycles. The van der Waals surface area contributed by atoms with Crippen LogP contribution in [0.5, 0.6) is 0 Å². The van der Waals surface area contributed by atoms with Gasteiger partial charge in [0, 0.05) is 32.2 Å². The molecule has 0 aromatic heterocycles. The first-order valence-corrected chi connectivity index (χ1v) is 9.06. The summed E-state index contributed by atoms with van der Waals surface area (Å²) < 4.78 is 5.42. The minimum Gasteiger partial charge on any atom is -0.444 e. The highest BCUT2D eigenvalue weighted by Gasteiger charge is 2.37. The Bertz CT molecular complexity index is 630. The van der Waals surface area contributed by atoms with Gasteiger partial charge in [0.2, 0.25) is 0 Å². The number of nitrogens with zero attached hydrogens (tertiary/aromatic N) is 3. The van der Waals surface area contributed by atoms with Crippen molar-refractivity contribution in [3.63, 3.8) is 0 Å². The number of benzene rings is 1. The quantitative estimate of drug-likeness (QED) is 0.821. The highest BCUT2D eigenvalue weighted by molar-refractivity contribution is 5.89. The first-order valence-electron chi connectivity index (χ1n) is 9.06. The lowest BCUT2D eigenvalue weighted by Crippen LogP contribution is -2.63. The number of piperazine rings is 1. The van der Waals surface area contributed by atoms with E-state index < -0.39 is 5.60 Å². The molecule has 1 aromatic rings. The topological polar surface area (TPSA) is 62.3 Å². The van der Waals surface area contributed by atoms with Gasteiger partial charge in [-0.05, 0) is 32.9 Å². The van der Waals surface area contributed by atoms with Crippen molar-refractivity contribution in [1.29, 1.82) is 0 Å². The van der Waals surface area contributed by atoms with E-state index in [-0.39, 0.29) is 12.1 Å². The van der Waals surface area contributed by atoms with Gasteiger partial charge in [-0.2, -0.15) is 0 Å². The van der Waals surface area contributed by atoms with Crippen molar-refractivity contribution in [2.24, 2.45) is 0 Å². The number of amides is 1. The van der Waals surface area contributed by atoms with Gasteiger partial charge in [-0.3, -0.25) is 4.90 Å². The molecule has 0 atom stereocenters. The molecule has 7 heteroatoms. The Hall–Kier alpha value is -2.12. The van der Waals surface area contributed by atoms with Crippen LogP contribution in [0.1, 0.15) is 31.1 Å². The number of rotatable bonds is 3. The van der Waals surface area contributed by atoms with Gasteiger partial charge >= 0.3 is 12.1 Å². The fourth-order valence-electron chi connectivity index (χ4n) is 3.06. The van der Waals surface area contributed by atoms with Gasteiger partial charge in [0.1, 0.15) is 5.60 Å². The van der Waals surface area contributed by atoms with E-state index in [1.54, 1.807) is 22.1 Å². The van der Waals surface area contributed by atoms with E-state index >= 15 is 0 Å². The molecule has 2 saturated heterocycles. The Labute approximate surface area is 154 Å². The zero-order valence-electron chi connectivity index (χ0n) is 15.7. The third-order valence-corrected chi connectivity index (χ3v) is 4.53. The molecule has 0 bridgehead atoms. The molecule has 2 heterocycles. The fourth-order valence-corrected chi connectivity index (χ4v) is 3.06. The Balaban J connectivity index is 1.38. The monoisotopic (exact) mass is 361 g/mol. The van der Waals surface area contributed by atoms with Crippen molar-refractivity contribution in [1.82, 2.24) is 14.9 Å². The number of hydroxylamine groups is 2. The Morgan fingerprint density at radius 3 is 2.19 bits per heavy atom. The average molecular weight is 361 g/mol. The predicted molar refractivity (Wildman–Crippen MR) is 96.6 cm³/mol. The second-order valence-electron chi connectivity index (χ2n) is 7.75. The first-order chi connectivity index (χ1) is 12.3. The van der Waals surface area contributed by atoms with Crippen LogP contribution in [0.2, 0.25) is 0 Å². The number of hydrogen-bond donors (Lipinski definition) is 0. The summed E-state index contributed by atoms with van der Waals surface area (Å²) in [6, 6.07) is 9.36. The van der Waals surface area contributed by atoms with Crippen LogP contribution in [0.15, 0.2) is 30.3 Å². The second kappa shape index (κ2) is 7.63. The van der Waals surface area contributed by atoms with E-state index in [9.17, 15) is 9.59 Å². The molecule has 2 fully saturated rings. The molecule has 0 N–H and O–H groups in total. The molecule has 2 aliphatic rings. The molecule has 0 aliphatic carbocycles. The molecule has 26 heavy (non-hydrogen) atoms. The van der Waals surface area contributed by atoms with Crippen LogP contribution < -0.4 is 0 Å². The first kappa shape index (κ1) is 18.7. The zero-order chi connectivity index (χ0) is 18.7. The lowest BCUT2D eigenvalue weighted by Gasteiger charge is -2.46. The number of carbonyl (C=O) groups is 2. The smallest absolute Gasteiger partial charge is 0.410 e. The third kappa shape index (κ3) is 4.74. The number of carbonyl (C=O) groups excluding carboxylic acids is 2. The number of ether oxygens (including phenoxy) is 1. The molecule has 1 aromatic carbocycles. The van der Waals surface area contributed by atoms with Crippen LogP contribution in [0.3, 0.4) is 0 Å². The van der Waals surface area contributed by atoms with Gasteiger partial charge in [0.15, 0.2) is 0 Å². The predicted octanol–water partition coefficient (Wildman–Crippen LogP) is 2.00. The van der Waals surface area contributed by atoms with Gasteiger partial charge < -0.3 is 14.5 Å². The molecule has 3 rings (SSSR count). The van der Waals surface area contributed by atoms with E-state index in [2.05, 4.69) is 4.90 Å². The summed E-state index contributed by atoms with van der Waals surface area (Å²) in [5.41, 5.74) is 0.0904. The highest BCUT2D eigenvalue weighted by atomic mass is 16.7. The van der Waals surface area contributed by atoms with Gasteiger partial charge in [0.05, 0.1) is 18.7 Å². The molecule has 0 radical (unpaired) electrons. The van der Waals surface area contributed by atoms with Crippen molar-refractivity contribution in [2.75, 3.05) is 39.3 Å². The van der Waals surface area contributed by atoms with Crippen LogP contribution in [0.4, 0.5) is 4.79 Å². The van der Waals surface area contributed by atoms with Crippen molar-refractivity contribution in [3.05, 3.63) is 35.9 Å². The standard InChI is InChI=1S/C19H27N3O4/c1-19(2,3)25-18(24)21-11-9-20(10-12-21)16-13-22(14-16)26-17(23)15-7-5-4-6-8-15/h4-8,16H,9-14H2,1-3H3. The minimum atomic E-state index is -0.467. The molecule has 142 valence electrons. The summed E-state index contributed by atoms with van der Waals surface area (Å²) in [5.74, 6) is -0.321. The van der Waals surface area contributed by atoms with Crippen LogP contribution in [-0.4, -0.2) is 77.8 Å². The Kier molecular flexibility index (Phi) is 5.48. The second-order valence-corrected chi connectivity index (χ2v) is 7.75. The maximum atomic E-state index is 12.1. The maximum Gasteiger partial charge on any atom is 0.410 e. The SMILES string of the molecule is CC(C)(C)OC(=O)N1CCN(C2CN(OC(=O)c3ccccc3)C2)CC1. The third-order valence-electron chi connectivity index (χ3n) is 4.53. The molecule has 0 spiro atoms. The van der Waals surface area contributed by atoms with Crippen LogP contribution >= 0.6 is 0 Å². The van der Waals surface area contributed by atoms with Crippen LogP contribution in [0, 0.1) is 0 Å². The van der Waals surface area contributed by atoms with E-state index in [0.717, 1.165) is 13.1 Å². The summed E-state index contributed by atoms with van der Waals surface area (Å²) in [6.07, 6.45) is -0.246. The van der Waals surface area contributed by atoms with Crippen molar-refractivity contribution in [2.45, 2.75) is 32.4 Å². The van der Waals surface area contributed by atoms with E-state index in [4.69, 9.17) is 9.57 Å². The maximum absolute atomic E-state index is 12.1. The number of hydrogen-bond acceptors (Lipinski definition) is 6. The summed E-state index contributed by atoms with van der Waals surface area (Å²) in [4.78, 5) is 33.6. The summed E-state index contributed by atoms with van der Waals surface area (Å²) in [5, 5.41) is 1.69. The molecular formula is C19H27N3O4. The van der Waals surface area contributed by atoms with E-state index in [1.807, 2.05) is 39.0 Å². The summed E-state index contributed by atoms with van der Waals surface area (Å²) in [6.45, 7) is 9.97. The molecular weight excluding hydrogens is 334 g/mol. The lowest BCUT2D eigenvalue weighted by molar-refractivity contribution is -0.182. The molecule has 1 amide bonds. The Morgan fingerprint density at radius 1 is 1.00 bits per heavy atom. The highest BCUT2D eigenvalue weighted by Crippen LogP contribution is 2.19. The lowest BCUT2D eigenvalue weighted by atomic mass is 10.1. The molecule has 7 nitrogen and oxygen atoms in total. The zero-order valence-corrected chi connectivity index (χ0v) is 15.7. The van der Waals surface area contributed by atoms with E-state index in [0.29, 0.717) is 37.8 Å². The van der Waals surface area contributed by atoms with Crippen LogP contribution in [-0.2, 0) is 9.57 Å². The van der Waals surface area contributed by atoms with Crippen molar-refractivity contribution in [3.8, 4) is 0 Å². The van der Waals surface area contributed by atoms with Crippen LogP contribution in [0.25, 0.3) is 0 Å². The molecule has 2 aliphatic heterocycles. The normalized spacial score (nSPS) is 19.7. The Morgan fingerprint density at radius 2 is 1.62 bits per heavy atom. The van der Waals surface area contributed by atoms with Gasteiger partial charge in [-0.1, -0.05) is 18.2 Å². The van der Waals surface area contributed by atoms with Crippen molar-refractivity contribution >= 4 is 12.1 Å². The van der Waals surface area contributed by atoms with Gasteiger partial charge in [0.25, 0.3) is 0 Å². The van der Waals surface area contributed by atoms with Gasteiger partial charge in [-0.25, -0.2) is 9.59 Å². The summed E-state index contributed by atoms with van der Waals surface area (Å²) >= 11 is 0. The summed E-state index contributed by atoms with van der Waals surface area (Å²) in [7, 11) is 0. The fraction of sp³-hybridized carbons (Fsp3) is 0.579. The molecule has 0 unspecified atom stereocenters. The van der Waals surface area contributed by atoms with Gasteiger partial charge in [-0.15, -0.1) is 5.06 Å². The van der Waals surface area contributed by atoms with E-state index in [1.165, 1.54) is 0 Å². The largest absolute Gasteiger partial charge is 0.444 e.